The Morgan fingerprint density at radius 3 is 2.78 bits per heavy atom. The zero-order valence-corrected chi connectivity index (χ0v) is 15.8. The van der Waals surface area contributed by atoms with Gasteiger partial charge in [-0.15, -0.1) is 0 Å². The standard InChI is InChI=1S/C17H18ClN5O3S/c18-11-8-9(27(25,26)23-13-2-1-3-15(13)24)4-5-10(11)12-6-7-14-16(20-12)17(19)22-21-14/h4-8,13,15,23-24H,1-3H2,(H3,19,21,22)/t13-,15-/m1/s1. The summed E-state index contributed by atoms with van der Waals surface area (Å²) >= 11 is 6.34. The second kappa shape index (κ2) is 6.75. The van der Waals surface area contributed by atoms with Gasteiger partial charge in [-0.05, 0) is 49.6 Å². The highest BCUT2D eigenvalue weighted by atomic mass is 35.5. The van der Waals surface area contributed by atoms with E-state index in [4.69, 9.17) is 17.3 Å². The van der Waals surface area contributed by atoms with E-state index in [-0.39, 0.29) is 15.7 Å². The van der Waals surface area contributed by atoms with Crippen LogP contribution in [0.5, 0.6) is 0 Å². The van der Waals surface area contributed by atoms with Crippen LogP contribution >= 0.6 is 11.6 Å². The molecule has 0 spiro atoms. The molecule has 0 bridgehead atoms. The highest BCUT2D eigenvalue weighted by Crippen LogP contribution is 2.31. The number of benzene rings is 1. The number of nitrogens with zero attached hydrogens (tertiary/aromatic N) is 2. The van der Waals surface area contributed by atoms with Gasteiger partial charge in [0.25, 0.3) is 0 Å². The zero-order valence-electron chi connectivity index (χ0n) is 14.2. The summed E-state index contributed by atoms with van der Waals surface area (Å²) in [6.45, 7) is 0. The number of fused-ring (bicyclic) bond motifs is 1. The maximum absolute atomic E-state index is 12.6. The topological polar surface area (TPSA) is 134 Å². The fraction of sp³-hybridized carbons (Fsp3) is 0.294. The number of halogens is 1. The van der Waals surface area contributed by atoms with Crippen molar-refractivity contribution in [3.05, 3.63) is 35.4 Å². The van der Waals surface area contributed by atoms with E-state index in [1.807, 2.05) is 0 Å². The van der Waals surface area contributed by atoms with E-state index in [1.165, 1.54) is 12.1 Å². The van der Waals surface area contributed by atoms with Gasteiger partial charge in [0.15, 0.2) is 5.82 Å². The van der Waals surface area contributed by atoms with Crippen LogP contribution < -0.4 is 10.5 Å². The minimum Gasteiger partial charge on any atom is -0.391 e. The lowest BCUT2D eigenvalue weighted by Crippen LogP contribution is -2.39. The second-order valence-corrected chi connectivity index (χ2v) is 8.69. The molecule has 0 unspecified atom stereocenters. The Balaban J connectivity index is 1.66. The van der Waals surface area contributed by atoms with Crippen molar-refractivity contribution in [2.75, 3.05) is 5.73 Å². The molecule has 8 nitrogen and oxygen atoms in total. The molecule has 0 amide bonds. The number of nitrogens with one attached hydrogen (secondary N) is 2. The van der Waals surface area contributed by atoms with Crippen LogP contribution in [0.1, 0.15) is 19.3 Å². The van der Waals surface area contributed by atoms with Crippen molar-refractivity contribution in [1.82, 2.24) is 19.9 Å². The van der Waals surface area contributed by atoms with Gasteiger partial charge in [0.1, 0.15) is 5.52 Å². The summed E-state index contributed by atoms with van der Waals surface area (Å²) in [4.78, 5) is 4.49. The fourth-order valence-corrected chi connectivity index (χ4v) is 4.96. The number of rotatable bonds is 4. The Labute approximate surface area is 160 Å². The molecule has 1 saturated carbocycles. The van der Waals surface area contributed by atoms with Crippen molar-refractivity contribution in [2.45, 2.75) is 36.3 Å². The van der Waals surface area contributed by atoms with E-state index < -0.39 is 22.2 Å². The number of nitrogens with two attached hydrogens (primary N) is 1. The Bertz CT molecular complexity index is 1110. The van der Waals surface area contributed by atoms with Gasteiger partial charge >= 0.3 is 0 Å². The summed E-state index contributed by atoms with van der Waals surface area (Å²) in [5, 5.41) is 16.8. The van der Waals surface area contributed by atoms with Crippen LogP contribution in [-0.4, -0.2) is 40.9 Å². The van der Waals surface area contributed by atoms with Gasteiger partial charge in [-0.3, -0.25) is 5.10 Å². The van der Waals surface area contributed by atoms with Crippen LogP contribution in [0, 0.1) is 0 Å². The molecule has 3 aromatic rings. The van der Waals surface area contributed by atoms with E-state index >= 15 is 0 Å². The average molecular weight is 408 g/mol. The Morgan fingerprint density at radius 2 is 2.07 bits per heavy atom. The van der Waals surface area contributed by atoms with E-state index in [1.54, 1.807) is 18.2 Å². The summed E-state index contributed by atoms with van der Waals surface area (Å²) in [6.07, 6.45) is 1.34. The molecule has 10 heteroatoms. The van der Waals surface area contributed by atoms with E-state index in [2.05, 4.69) is 19.9 Å². The summed E-state index contributed by atoms with van der Waals surface area (Å²) in [5.41, 5.74) is 8.15. The second-order valence-electron chi connectivity index (χ2n) is 6.57. The Kier molecular flexibility index (Phi) is 4.55. The van der Waals surface area contributed by atoms with Crippen molar-refractivity contribution in [2.24, 2.45) is 0 Å². The molecule has 0 aliphatic heterocycles. The van der Waals surface area contributed by atoms with Crippen LogP contribution in [0.4, 0.5) is 5.82 Å². The van der Waals surface area contributed by atoms with Crippen LogP contribution in [0.3, 0.4) is 0 Å². The number of hydrogen-bond donors (Lipinski definition) is 4. The fourth-order valence-electron chi connectivity index (χ4n) is 3.28. The number of aliphatic hydroxyl groups excluding tert-OH is 1. The maximum Gasteiger partial charge on any atom is 0.240 e. The molecule has 142 valence electrons. The molecule has 2 heterocycles. The molecule has 0 radical (unpaired) electrons. The highest BCUT2D eigenvalue weighted by Gasteiger charge is 2.30. The number of H-pyrrole nitrogens is 1. The number of aliphatic hydroxyl groups is 1. The third-order valence-electron chi connectivity index (χ3n) is 4.75. The van der Waals surface area contributed by atoms with E-state index in [0.717, 1.165) is 6.42 Å². The van der Waals surface area contributed by atoms with Crippen molar-refractivity contribution < 1.29 is 13.5 Å². The van der Waals surface area contributed by atoms with Gasteiger partial charge in [-0.25, -0.2) is 18.1 Å². The van der Waals surface area contributed by atoms with Crippen molar-refractivity contribution in [3.8, 4) is 11.3 Å². The number of nitrogen functional groups attached to an aromatic ring is 1. The van der Waals surface area contributed by atoms with Gasteiger partial charge in [-0.1, -0.05) is 11.6 Å². The molecule has 1 aliphatic carbocycles. The maximum atomic E-state index is 12.6. The first-order valence-electron chi connectivity index (χ1n) is 8.46. The summed E-state index contributed by atoms with van der Waals surface area (Å²) in [6, 6.07) is 7.52. The molecule has 4 rings (SSSR count). The number of anilines is 1. The van der Waals surface area contributed by atoms with Crippen LogP contribution in [0.15, 0.2) is 35.2 Å². The predicted molar refractivity (Wildman–Crippen MR) is 103 cm³/mol. The number of aromatic nitrogens is 3. The highest BCUT2D eigenvalue weighted by molar-refractivity contribution is 7.89. The summed E-state index contributed by atoms with van der Waals surface area (Å²) in [5.74, 6) is 0.279. The molecule has 0 saturated heterocycles. The predicted octanol–water partition coefficient (Wildman–Crippen LogP) is 2.05. The number of aromatic amines is 1. The third kappa shape index (κ3) is 3.39. The van der Waals surface area contributed by atoms with Gasteiger partial charge in [0, 0.05) is 11.6 Å². The smallest absolute Gasteiger partial charge is 0.240 e. The molecule has 5 N–H and O–H groups in total. The SMILES string of the molecule is Nc1n[nH]c2ccc(-c3ccc(S(=O)(=O)N[C@@H]4CCC[C@H]4O)cc3Cl)nc12. The summed E-state index contributed by atoms with van der Waals surface area (Å²) < 4.78 is 27.7. The molecule has 27 heavy (non-hydrogen) atoms. The quantitative estimate of drug-likeness (QED) is 0.523. The largest absolute Gasteiger partial charge is 0.391 e. The normalized spacial score (nSPS) is 20.4. The summed E-state index contributed by atoms with van der Waals surface area (Å²) in [7, 11) is -3.78. The number of sulfonamides is 1. The Hall–Kier alpha value is -2.20. The molecule has 2 aromatic heterocycles. The average Bonchev–Trinajstić information content (AvgIpc) is 3.20. The van der Waals surface area contributed by atoms with Gasteiger partial charge in [0.2, 0.25) is 10.0 Å². The first-order chi connectivity index (χ1) is 12.8. The number of hydrogen-bond acceptors (Lipinski definition) is 6. The first kappa shape index (κ1) is 18.2. The molecule has 1 fully saturated rings. The lowest BCUT2D eigenvalue weighted by atomic mass is 10.1. The van der Waals surface area contributed by atoms with Gasteiger partial charge in [-0.2, -0.15) is 5.10 Å². The molecular formula is C17H18ClN5O3S. The van der Waals surface area contributed by atoms with Crippen molar-refractivity contribution in [1.29, 1.82) is 0 Å². The minimum absolute atomic E-state index is 0.0410. The first-order valence-corrected chi connectivity index (χ1v) is 10.3. The minimum atomic E-state index is -3.78. The van der Waals surface area contributed by atoms with E-state index in [9.17, 15) is 13.5 Å². The van der Waals surface area contributed by atoms with Crippen molar-refractivity contribution in [3.63, 3.8) is 0 Å². The van der Waals surface area contributed by atoms with Crippen LogP contribution in [0.2, 0.25) is 5.02 Å². The molecule has 1 aliphatic rings. The van der Waals surface area contributed by atoms with Crippen LogP contribution in [-0.2, 0) is 10.0 Å². The molecule has 1 aromatic carbocycles. The lowest BCUT2D eigenvalue weighted by Gasteiger charge is -2.17. The Morgan fingerprint density at radius 1 is 1.26 bits per heavy atom. The monoisotopic (exact) mass is 407 g/mol. The molecule has 2 atom stereocenters. The number of pyridine rings is 1. The van der Waals surface area contributed by atoms with Crippen molar-refractivity contribution >= 4 is 38.5 Å². The van der Waals surface area contributed by atoms with E-state index in [0.29, 0.717) is 35.1 Å². The lowest BCUT2D eigenvalue weighted by molar-refractivity contribution is 0.159. The van der Waals surface area contributed by atoms with Gasteiger partial charge < -0.3 is 10.8 Å². The van der Waals surface area contributed by atoms with Crippen LogP contribution in [0.25, 0.3) is 22.3 Å². The van der Waals surface area contributed by atoms with Gasteiger partial charge in [0.05, 0.1) is 27.2 Å². The molecular weight excluding hydrogens is 390 g/mol. The zero-order chi connectivity index (χ0) is 19.2. The third-order valence-corrected chi connectivity index (χ3v) is 6.55.